The minimum absolute atomic E-state index is 0.183. The fourth-order valence-electron chi connectivity index (χ4n) is 10.6. The molecule has 490 valence electrons. The topological polar surface area (TPSA) is 108 Å². The van der Waals surface area contributed by atoms with Crippen LogP contribution in [0.1, 0.15) is 341 Å². The van der Waals surface area contributed by atoms with Crippen LogP contribution in [-0.4, -0.2) is 87.4 Å². The van der Waals surface area contributed by atoms with Crippen LogP contribution in [0.2, 0.25) is 0 Å². The largest absolute Gasteiger partial charge is 0.477 e. The van der Waals surface area contributed by atoms with Gasteiger partial charge in [0.15, 0.2) is 6.10 Å². The molecule has 9 nitrogen and oxygen atoms in total. The first-order valence-corrected chi connectivity index (χ1v) is 36.0. The number of unbranched alkanes of at least 4 members (excludes halogenated alkanes) is 42. The van der Waals surface area contributed by atoms with Gasteiger partial charge in [0.05, 0.1) is 34.4 Å². The van der Waals surface area contributed by atoms with Crippen LogP contribution < -0.4 is 0 Å². The van der Waals surface area contributed by atoms with Gasteiger partial charge < -0.3 is 28.5 Å². The van der Waals surface area contributed by atoms with Gasteiger partial charge in [-0.3, -0.25) is 9.59 Å². The zero-order valence-corrected chi connectivity index (χ0v) is 56.1. The standard InChI is InChI=1S/C75H137NO8/c1-6-8-10-12-14-16-18-20-22-24-26-28-29-30-31-32-33-34-35-36-37-38-39-40-41-42-43-44-46-47-49-51-53-55-57-59-61-63-65-72(77)82-69-71(70-83-75(74(79)80)81-68-67-76(3,4)5)84-73(78)66-64-62-60-58-56-54-52-50-48-45-27-25-23-21-19-17-15-13-11-9-7-2/h9,11,15,17,21,23,27,45,50,52,71,75H,6-8,10,12-14,16,18-20,22,24-26,28-44,46-49,51,53-70H2,1-5H3/p+1/b11-9-,17-15-,23-21-,45-27-,52-50-. The molecule has 0 aromatic heterocycles. The van der Waals surface area contributed by atoms with Crippen LogP contribution >= 0.6 is 0 Å². The van der Waals surface area contributed by atoms with Gasteiger partial charge in [0.2, 0.25) is 0 Å². The lowest BCUT2D eigenvalue weighted by atomic mass is 10.0. The molecule has 0 heterocycles. The summed E-state index contributed by atoms with van der Waals surface area (Å²) in [6, 6.07) is 0. The van der Waals surface area contributed by atoms with Crippen molar-refractivity contribution >= 4 is 17.9 Å². The molecular weight excluding hydrogens is 1040 g/mol. The van der Waals surface area contributed by atoms with E-state index in [1.54, 1.807) is 0 Å². The molecule has 0 bridgehead atoms. The van der Waals surface area contributed by atoms with E-state index < -0.39 is 24.3 Å². The Morgan fingerprint density at radius 3 is 1.01 bits per heavy atom. The lowest BCUT2D eigenvalue weighted by molar-refractivity contribution is -0.870. The number of ether oxygens (including phenoxy) is 4. The highest BCUT2D eigenvalue weighted by molar-refractivity contribution is 5.71. The molecule has 0 radical (unpaired) electrons. The number of rotatable bonds is 67. The highest BCUT2D eigenvalue weighted by atomic mass is 16.7. The normalized spacial score (nSPS) is 13.0. The second kappa shape index (κ2) is 66.0. The summed E-state index contributed by atoms with van der Waals surface area (Å²) in [7, 11) is 5.97. The van der Waals surface area contributed by atoms with Crippen molar-refractivity contribution in [3.63, 3.8) is 0 Å². The summed E-state index contributed by atoms with van der Waals surface area (Å²) in [5.74, 6) is -2.02. The number of nitrogens with zero attached hydrogens (tertiary/aromatic N) is 1. The monoisotopic (exact) mass is 1180 g/mol. The summed E-state index contributed by atoms with van der Waals surface area (Å²) < 4.78 is 22.9. The Morgan fingerprint density at radius 2 is 0.679 bits per heavy atom. The lowest BCUT2D eigenvalue weighted by Gasteiger charge is -2.25. The van der Waals surface area contributed by atoms with Crippen molar-refractivity contribution in [2.45, 2.75) is 354 Å². The maximum atomic E-state index is 12.9. The van der Waals surface area contributed by atoms with Crippen LogP contribution in [0.5, 0.6) is 0 Å². The summed E-state index contributed by atoms with van der Waals surface area (Å²) in [6.45, 7) is 4.78. The Bertz CT molecular complexity index is 1560. The van der Waals surface area contributed by atoms with Crippen molar-refractivity contribution in [2.75, 3.05) is 47.5 Å². The van der Waals surface area contributed by atoms with Crippen molar-refractivity contribution in [3.8, 4) is 0 Å². The van der Waals surface area contributed by atoms with Crippen molar-refractivity contribution < 1.29 is 42.9 Å². The van der Waals surface area contributed by atoms with Crippen LogP contribution in [-0.2, 0) is 33.3 Å². The quantitative estimate of drug-likeness (QED) is 0.0211. The van der Waals surface area contributed by atoms with Crippen molar-refractivity contribution in [1.82, 2.24) is 0 Å². The van der Waals surface area contributed by atoms with Gasteiger partial charge in [-0.15, -0.1) is 0 Å². The highest BCUT2D eigenvalue weighted by Crippen LogP contribution is 2.19. The third-order valence-corrected chi connectivity index (χ3v) is 16.0. The molecule has 2 unspecified atom stereocenters. The summed E-state index contributed by atoms with van der Waals surface area (Å²) >= 11 is 0. The molecule has 0 aromatic rings. The van der Waals surface area contributed by atoms with Gasteiger partial charge in [-0.25, -0.2) is 4.79 Å². The maximum absolute atomic E-state index is 12.9. The Hall–Kier alpha value is -3.01. The third kappa shape index (κ3) is 66.5. The Morgan fingerprint density at radius 1 is 0.369 bits per heavy atom. The number of carbonyl (C=O) groups is 3. The van der Waals surface area contributed by atoms with E-state index in [-0.39, 0.29) is 32.2 Å². The number of likely N-dealkylation sites (N-methyl/N-ethyl adjacent to an activating group) is 1. The number of carboxylic acids is 1. The van der Waals surface area contributed by atoms with E-state index in [0.717, 1.165) is 83.5 Å². The second-order valence-electron chi connectivity index (χ2n) is 25.5. The fourth-order valence-corrected chi connectivity index (χ4v) is 10.6. The average Bonchev–Trinajstić information content (AvgIpc) is 3.55. The van der Waals surface area contributed by atoms with Gasteiger partial charge in [-0.05, 0) is 57.8 Å². The van der Waals surface area contributed by atoms with Crippen LogP contribution in [0.3, 0.4) is 0 Å². The number of quaternary nitrogens is 1. The molecule has 0 fully saturated rings. The predicted octanol–water partition coefficient (Wildman–Crippen LogP) is 22.3. The van der Waals surface area contributed by atoms with E-state index in [2.05, 4.69) is 74.6 Å². The first kappa shape index (κ1) is 81.0. The van der Waals surface area contributed by atoms with Gasteiger partial charge >= 0.3 is 17.9 Å². The number of aliphatic carboxylic acids is 1. The minimum Gasteiger partial charge on any atom is -0.477 e. The molecule has 0 aliphatic rings. The molecule has 0 aliphatic heterocycles. The van der Waals surface area contributed by atoms with E-state index in [1.807, 2.05) is 21.1 Å². The highest BCUT2D eigenvalue weighted by Gasteiger charge is 2.25. The number of carbonyl (C=O) groups excluding carboxylic acids is 2. The van der Waals surface area contributed by atoms with Crippen LogP contribution in [0, 0.1) is 0 Å². The van der Waals surface area contributed by atoms with E-state index >= 15 is 0 Å². The second-order valence-corrected chi connectivity index (χ2v) is 25.5. The summed E-state index contributed by atoms with van der Waals surface area (Å²) in [5, 5.41) is 9.73. The molecule has 84 heavy (non-hydrogen) atoms. The molecule has 1 N–H and O–H groups in total. The first-order chi connectivity index (χ1) is 41.1. The van der Waals surface area contributed by atoms with Crippen molar-refractivity contribution in [2.24, 2.45) is 0 Å². The Balaban J connectivity index is 3.99. The van der Waals surface area contributed by atoms with Crippen molar-refractivity contribution in [3.05, 3.63) is 60.8 Å². The van der Waals surface area contributed by atoms with Crippen molar-refractivity contribution in [1.29, 1.82) is 0 Å². The van der Waals surface area contributed by atoms with Crippen LogP contribution in [0.25, 0.3) is 0 Å². The zero-order chi connectivity index (χ0) is 61.2. The van der Waals surface area contributed by atoms with Gasteiger partial charge in [0, 0.05) is 12.8 Å². The molecule has 0 aliphatic carbocycles. The molecular formula is C75H138NO8+. The van der Waals surface area contributed by atoms with Gasteiger partial charge in [0.25, 0.3) is 6.29 Å². The molecule has 0 amide bonds. The van der Waals surface area contributed by atoms with Crippen LogP contribution in [0.15, 0.2) is 60.8 Å². The molecule has 0 aromatic carbocycles. The fraction of sp³-hybridized carbons (Fsp3) is 0.827. The number of carboxylic acid groups (broad SMARTS) is 1. The molecule has 0 spiro atoms. The molecule has 2 atom stereocenters. The SMILES string of the molecule is CC/C=C\C/C=C\C/C=C\C/C=C\C/C=C\CCCCCCCC(=O)OC(COC(=O)CCCCCCCCCCCCCCCCCCCCCCCCCCCCCCCCCCCCCCCC)COC(OCC[N+](C)(C)C)C(=O)O. The van der Waals surface area contributed by atoms with E-state index in [4.69, 9.17) is 18.9 Å². The van der Waals surface area contributed by atoms with E-state index in [0.29, 0.717) is 23.9 Å². The molecule has 0 saturated carbocycles. The van der Waals surface area contributed by atoms with E-state index in [1.165, 1.54) is 225 Å². The van der Waals surface area contributed by atoms with Gasteiger partial charge in [-0.2, -0.15) is 0 Å². The molecule has 0 rings (SSSR count). The number of esters is 2. The first-order valence-electron chi connectivity index (χ1n) is 36.0. The smallest absolute Gasteiger partial charge is 0.361 e. The number of hydrogen-bond acceptors (Lipinski definition) is 7. The lowest BCUT2D eigenvalue weighted by Crippen LogP contribution is -2.40. The summed E-state index contributed by atoms with van der Waals surface area (Å²) in [4.78, 5) is 37.6. The Kier molecular flexibility index (Phi) is 63.6. The maximum Gasteiger partial charge on any atom is 0.361 e. The van der Waals surface area contributed by atoms with Gasteiger partial charge in [0.1, 0.15) is 13.2 Å². The Labute approximate surface area is 520 Å². The number of hydrogen-bond donors (Lipinski definition) is 1. The molecule has 9 heteroatoms. The summed E-state index contributed by atoms with van der Waals surface area (Å²) in [5.41, 5.74) is 0. The van der Waals surface area contributed by atoms with E-state index in [9.17, 15) is 19.5 Å². The number of allylic oxidation sites excluding steroid dienone is 10. The van der Waals surface area contributed by atoms with Gasteiger partial charge in [-0.1, -0.05) is 331 Å². The average molecular weight is 1180 g/mol. The zero-order valence-electron chi connectivity index (χ0n) is 56.1. The molecule has 0 saturated heterocycles. The van der Waals surface area contributed by atoms with Crippen LogP contribution in [0.4, 0.5) is 0 Å². The predicted molar refractivity (Wildman–Crippen MR) is 360 cm³/mol. The third-order valence-electron chi connectivity index (χ3n) is 16.0. The summed E-state index contributed by atoms with van der Waals surface area (Å²) in [6.07, 6.45) is 83.7. The minimum atomic E-state index is -1.52.